The van der Waals surface area contributed by atoms with Crippen LogP contribution in [-0.2, 0) is 28.6 Å². The quantitative estimate of drug-likeness (QED) is 0.857. The molecule has 1 atom stereocenters. The average Bonchev–Trinajstić information content (AvgIpc) is 3.27. The molecule has 1 fully saturated rings. The van der Waals surface area contributed by atoms with Gasteiger partial charge in [0.05, 0.1) is 11.5 Å². The van der Waals surface area contributed by atoms with Crippen LogP contribution in [0.15, 0.2) is 42.5 Å². The number of nitrogens with zero attached hydrogens (tertiary/aromatic N) is 1. The van der Waals surface area contributed by atoms with E-state index in [0.717, 1.165) is 31.4 Å². The number of rotatable bonds is 3. The molecule has 0 aromatic heterocycles. The van der Waals surface area contributed by atoms with Crippen molar-refractivity contribution in [2.75, 3.05) is 16.8 Å². The van der Waals surface area contributed by atoms with Gasteiger partial charge in [0.1, 0.15) is 0 Å². The van der Waals surface area contributed by atoms with E-state index in [1.54, 1.807) is 0 Å². The van der Waals surface area contributed by atoms with E-state index in [9.17, 15) is 22.8 Å². The van der Waals surface area contributed by atoms with Gasteiger partial charge in [-0.15, -0.1) is 0 Å². The number of aryl methyl sites for hydroxylation is 2. The van der Waals surface area contributed by atoms with Crippen molar-refractivity contribution in [3.8, 4) is 0 Å². The van der Waals surface area contributed by atoms with Gasteiger partial charge >= 0.3 is 6.18 Å². The number of hydrogen-bond donors (Lipinski definition) is 1. The molecule has 2 aliphatic rings. The molecule has 28 heavy (non-hydrogen) atoms. The number of carbonyl (C=O) groups is 2. The number of anilines is 2. The lowest BCUT2D eigenvalue weighted by molar-refractivity contribution is -0.137. The molecule has 4 rings (SSSR count). The van der Waals surface area contributed by atoms with Crippen LogP contribution in [0.25, 0.3) is 0 Å². The van der Waals surface area contributed by atoms with Crippen LogP contribution in [0.2, 0.25) is 0 Å². The Morgan fingerprint density at radius 1 is 1.07 bits per heavy atom. The van der Waals surface area contributed by atoms with Crippen molar-refractivity contribution in [1.29, 1.82) is 0 Å². The van der Waals surface area contributed by atoms with Crippen molar-refractivity contribution < 1.29 is 22.8 Å². The standard InChI is InChI=1S/C21H19F3N2O2/c22-21(23,24)16-5-2-6-18(11-16)26-12-15(10-19(26)27)20(28)25-17-8-7-13-3-1-4-14(13)9-17/h2,5-9,11,15H,1,3-4,10,12H2,(H,25,28)/t15-/m0/s1. The first kappa shape index (κ1) is 18.5. The summed E-state index contributed by atoms with van der Waals surface area (Å²) in [5, 5.41) is 2.84. The second-order valence-electron chi connectivity index (χ2n) is 7.28. The summed E-state index contributed by atoms with van der Waals surface area (Å²) in [4.78, 5) is 26.2. The summed E-state index contributed by atoms with van der Waals surface area (Å²) in [6.45, 7) is 0.0664. The highest BCUT2D eigenvalue weighted by Gasteiger charge is 2.37. The molecule has 1 aliphatic heterocycles. The van der Waals surface area contributed by atoms with Gasteiger partial charge < -0.3 is 10.2 Å². The molecule has 0 saturated carbocycles. The fourth-order valence-electron chi connectivity index (χ4n) is 3.88. The largest absolute Gasteiger partial charge is 0.416 e. The second kappa shape index (κ2) is 6.96. The summed E-state index contributed by atoms with van der Waals surface area (Å²) in [6.07, 6.45) is -1.36. The predicted octanol–water partition coefficient (Wildman–Crippen LogP) is 4.19. The molecule has 2 aromatic rings. The summed E-state index contributed by atoms with van der Waals surface area (Å²) in [5.41, 5.74) is 2.56. The highest BCUT2D eigenvalue weighted by molar-refractivity contribution is 6.03. The maximum absolute atomic E-state index is 12.9. The fraction of sp³-hybridized carbons (Fsp3) is 0.333. The smallest absolute Gasteiger partial charge is 0.326 e. The maximum atomic E-state index is 12.9. The number of alkyl halides is 3. The third-order valence-electron chi connectivity index (χ3n) is 5.35. The monoisotopic (exact) mass is 388 g/mol. The average molecular weight is 388 g/mol. The predicted molar refractivity (Wildman–Crippen MR) is 99.0 cm³/mol. The maximum Gasteiger partial charge on any atom is 0.416 e. The number of carbonyl (C=O) groups excluding carboxylic acids is 2. The third-order valence-corrected chi connectivity index (χ3v) is 5.35. The molecular formula is C21H19F3N2O2. The summed E-state index contributed by atoms with van der Waals surface area (Å²) in [7, 11) is 0. The van der Waals surface area contributed by atoms with Gasteiger partial charge in [-0.1, -0.05) is 12.1 Å². The van der Waals surface area contributed by atoms with Crippen molar-refractivity contribution in [2.24, 2.45) is 5.92 Å². The Morgan fingerprint density at radius 3 is 2.64 bits per heavy atom. The van der Waals surface area contributed by atoms with Crippen molar-refractivity contribution in [2.45, 2.75) is 31.9 Å². The summed E-state index contributed by atoms with van der Waals surface area (Å²) < 4.78 is 38.8. The fourth-order valence-corrected chi connectivity index (χ4v) is 3.88. The molecule has 0 unspecified atom stereocenters. The summed E-state index contributed by atoms with van der Waals surface area (Å²) in [5.74, 6) is -1.25. The Balaban J connectivity index is 1.46. The third kappa shape index (κ3) is 3.61. The van der Waals surface area contributed by atoms with Crippen LogP contribution in [-0.4, -0.2) is 18.4 Å². The Morgan fingerprint density at radius 2 is 1.86 bits per heavy atom. The zero-order valence-electron chi connectivity index (χ0n) is 15.1. The van der Waals surface area contributed by atoms with Crippen LogP contribution in [0.5, 0.6) is 0 Å². The van der Waals surface area contributed by atoms with Gasteiger partial charge in [-0.3, -0.25) is 9.59 Å². The van der Waals surface area contributed by atoms with Gasteiger partial charge in [0.25, 0.3) is 0 Å². The molecule has 1 aliphatic carbocycles. The van der Waals surface area contributed by atoms with Crippen LogP contribution in [0.4, 0.5) is 24.5 Å². The van der Waals surface area contributed by atoms with Crippen molar-refractivity contribution in [3.63, 3.8) is 0 Å². The Kier molecular flexibility index (Phi) is 4.61. The number of benzene rings is 2. The minimum atomic E-state index is -4.48. The minimum absolute atomic E-state index is 0.0208. The Hall–Kier alpha value is -2.83. The molecule has 2 aromatic carbocycles. The molecule has 1 saturated heterocycles. The molecule has 2 amide bonds. The van der Waals surface area contributed by atoms with E-state index >= 15 is 0 Å². The lowest BCUT2D eigenvalue weighted by Gasteiger charge is -2.18. The first-order chi connectivity index (χ1) is 13.3. The van der Waals surface area contributed by atoms with E-state index < -0.39 is 17.7 Å². The summed E-state index contributed by atoms with van der Waals surface area (Å²) in [6, 6.07) is 10.4. The Bertz CT molecular complexity index is 939. The van der Waals surface area contributed by atoms with Crippen LogP contribution >= 0.6 is 0 Å². The highest BCUT2D eigenvalue weighted by atomic mass is 19.4. The molecule has 1 heterocycles. The van der Waals surface area contributed by atoms with Crippen molar-refractivity contribution in [3.05, 3.63) is 59.2 Å². The Labute approximate surface area is 160 Å². The molecule has 7 heteroatoms. The number of halogens is 3. The molecule has 146 valence electrons. The lowest BCUT2D eigenvalue weighted by atomic mass is 10.1. The van der Waals surface area contributed by atoms with E-state index in [4.69, 9.17) is 0 Å². The normalized spacial score (nSPS) is 19.0. The van der Waals surface area contributed by atoms with E-state index in [0.29, 0.717) is 5.69 Å². The SMILES string of the molecule is O=C(Nc1ccc2c(c1)CCC2)[C@H]1CC(=O)N(c2cccc(C(F)(F)F)c2)C1. The van der Waals surface area contributed by atoms with E-state index in [1.165, 1.54) is 28.2 Å². The van der Waals surface area contributed by atoms with Crippen LogP contribution in [0, 0.1) is 5.92 Å². The second-order valence-corrected chi connectivity index (χ2v) is 7.28. The van der Waals surface area contributed by atoms with E-state index in [-0.39, 0.29) is 30.5 Å². The van der Waals surface area contributed by atoms with Gasteiger partial charge in [0.15, 0.2) is 0 Å². The van der Waals surface area contributed by atoms with Crippen molar-refractivity contribution in [1.82, 2.24) is 0 Å². The minimum Gasteiger partial charge on any atom is -0.326 e. The number of hydrogen-bond acceptors (Lipinski definition) is 2. The molecule has 0 bridgehead atoms. The zero-order chi connectivity index (χ0) is 19.9. The lowest BCUT2D eigenvalue weighted by Crippen LogP contribution is -2.28. The van der Waals surface area contributed by atoms with Gasteiger partial charge in [0.2, 0.25) is 11.8 Å². The van der Waals surface area contributed by atoms with E-state index in [1.807, 2.05) is 18.2 Å². The molecule has 0 radical (unpaired) electrons. The van der Waals surface area contributed by atoms with Gasteiger partial charge in [-0.05, 0) is 60.7 Å². The number of fused-ring (bicyclic) bond motifs is 1. The van der Waals surface area contributed by atoms with E-state index in [2.05, 4.69) is 5.32 Å². The molecule has 1 N–H and O–H groups in total. The number of amides is 2. The number of nitrogens with one attached hydrogen (secondary N) is 1. The van der Waals surface area contributed by atoms with Gasteiger partial charge in [0, 0.05) is 24.3 Å². The highest BCUT2D eigenvalue weighted by Crippen LogP contribution is 2.34. The van der Waals surface area contributed by atoms with Gasteiger partial charge in [-0.2, -0.15) is 13.2 Å². The molecule has 4 nitrogen and oxygen atoms in total. The summed E-state index contributed by atoms with van der Waals surface area (Å²) >= 11 is 0. The van der Waals surface area contributed by atoms with Crippen molar-refractivity contribution >= 4 is 23.2 Å². The topological polar surface area (TPSA) is 49.4 Å². The first-order valence-electron chi connectivity index (χ1n) is 9.21. The zero-order valence-corrected chi connectivity index (χ0v) is 15.1. The molecular weight excluding hydrogens is 369 g/mol. The van der Waals surface area contributed by atoms with Crippen LogP contribution < -0.4 is 10.2 Å². The van der Waals surface area contributed by atoms with Crippen LogP contribution in [0.3, 0.4) is 0 Å². The van der Waals surface area contributed by atoms with Gasteiger partial charge in [-0.25, -0.2) is 0 Å². The van der Waals surface area contributed by atoms with Crippen LogP contribution in [0.1, 0.15) is 29.5 Å². The first-order valence-corrected chi connectivity index (χ1v) is 9.21. The molecule has 0 spiro atoms.